The van der Waals surface area contributed by atoms with E-state index >= 15 is 0 Å². The highest BCUT2D eigenvalue weighted by molar-refractivity contribution is 8.00. The Balaban J connectivity index is 1.72. The van der Waals surface area contributed by atoms with Crippen LogP contribution >= 0.6 is 11.8 Å². The predicted octanol–water partition coefficient (Wildman–Crippen LogP) is 3.56. The summed E-state index contributed by atoms with van der Waals surface area (Å²) in [5, 5.41) is 5.30. The molecule has 2 N–H and O–H groups in total. The fraction of sp³-hybridized carbons (Fsp3) is 0.407. The van der Waals surface area contributed by atoms with Crippen molar-refractivity contribution in [2.45, 2.75) is 51.8 Å². The van der Waals surface area contributed by atoms with Crippen molar-refractivity contribution < 1.29 is 19.2 Å². The molecule has 0 fully saturated rings. The van der Waals surface area contributed by atoms with E-state index in [1.165, 1.54) is 18.7 Å². The first kappa shape index (κ1) is 26.5. The van der Waals surface area contributed by atoms with Gasteiger partial charge in [0.1, 0.15) is 6.54 Å². The van der Waals surface area contributed by atoms with E-state index in [1.807, 2.05) is 69.5 Å². The van der Waals surface area contributed by atoms with Crippen molar-refractivity contribution in [1.29, 1.82) is 0 Å². The number of imide groups is 1. The molecule has 0 aromatic heterocycles. The van der Waals surface area contributed by atoms with E-state index in [0.29, 0.717) is 25.1 Å². The minimum atomic E-state index is -0.709. The van der Waals surface area contributed by atoms with Crippen molar-refractivity contribution in [3.63, 3.8) is 0 Å². The Hall–Kier alpha value is -3.13. The first-order valence-electron chi connectivity index (χ1n) is 11.6. The van der Waals surface area contributed by atoms with E-state index in [4.69, 9.17) is 0 Å². The van der Waals surface area contributed by atoms with E-state index in [0.717, 1.165) is 16.7 Å². The zero-order valence-corrected chi connectivity index (χ0v) is 21.8. The van der Waals surface area contributed by atoms with Gasteiger partial charge in [0, 0.05) is 19.2 Å². The summed E-state index contributed by atoms with van der Waals surface area (Å²) < 4.78 is -0.659. The fourth-order valence-electron chi connectivity index (χ4n) is 4.26. The van der Waals surface area contributed by atoms with E-state index < -0.39 is 10.2 Å². The van der Waals surface area contributed by atoms with Crippen molar-refractivity contribution in [2.24, 2.45) is 5.41 Å². The molecule has 1 aliphatic rings. The maximum absolute atomic E-state index is 13.2. The normalized spacial score (nSPS) is 16.8. The summed E-state index contributed by atoms with van der Waals surface area (Å²) in [6.07, 6.45) is 2.89. The summed E-state index contributed by atoms with van der Waals surface area (Å²) in [6.45, 7) is 7.14. The van der Waals surface area contributed by atoms with E-state index in [2.05, 4.69) is 10.6 Å². The number of fused-ring (bicyclic) bond motifs is 1. The van der Waals surface area contributed by atoms with Crippen molar-refractivity contribution in [3.8, 4) is 0 Å². The smallest absolute Gasteiger partial charge is 0.244 e. The van der Waals surface area contributed by atoms with Crippen LogP contribution < -0.4 is 10.6 Å². The van der Waals surface area contributed by atoms with Gasteiger partial charge in [-0.05, 0) is 61.8 Å². The molecule has 35 heavy (non-hydrogen) atoms. The molecule has 2 aromatic rings. The van der Waals surface area contributed by atoms with Crippen LogP contribution in [0, 0.1) is 5.41 Å². The number of rotatable bonds is 8. The van der Waals surface area contributed by atoms with Crippen LogP contribution in [0.3, 0.4) is 0 Å². The highest BCUT2D eigenvalue weighted by Crippen LogP contribution is 2.38. The van der Waals surface area contributed by atoms with Crippen molar-refractivity contribution in [3.05, 3.63) is 65.2 Å². The third kappa shape index (κ3) is 6.51. The first-order valence-corrected chi connectivity index (χ1v) is 12.8. The number of hydrogen-bond donors (Lipinski definition) is 2. The highest BCUT2D eigenvalue weighted by atomic mass is 32.2. The van der Waals surface area contributed by atoms with Gasteiger partial charge in [-0.2, -0.15) is 0 Å². The molecule has 1 atom stereocenters. The molecule has 8 heteroatoms. The van der Waals surface area contributed by atoms with Crippen LogP contribution in [0.5, 0.6) is 0 Å². The Kier molecular flexibility index (Phi) is 8.05. The summed E-state index contributed by atoms with van der Waals surface area (Å²) in [5.41, 5.74) is 2.84. The number of benzene rings is 2. The number of hydrogen-bond acceptors (Lipinski definition) is 5. The molecule has 0 radical (unpaired) electrons. The number of carbonyl (C=O) groups excluding carboxylic acids is 4. The lowest BCUT2D eigenvalue weighted by Gasteiger charge is -2.30. The van der Waals surface area contributed by atoms with Crippen LogP contribution in [0.25, 0.3) is 0 Å². The van der Waals surface area contributed by atoms with Crippen LogP contribution in [0.2, 0.25) is 0 Å². The van der Waals surface area contributed by atoms with Crippen LogP contribution in [0.1, 0.15) is 44.4 Å². The predicted molar refractivity (Wildman–Crippen MR) is 139 cm³/mol. The number of nitrogens with zero attached hydrogens (tertiary/aromatic N) is 1. The van der Waals surface area contributed by atoms with Crippen molar-refractivity contribution in [2.75, 3.05) is 18.1 Å². The third-order valence-corrected chi connectivity index (χ3v) is 7.55. The Bertz CT molecular complexity index is 1130. The molecule has 1 unspecified atom stereocenters. The largest absolute Gasteiger partial charge is 0.328 e. The number of amides is 4. The highest BCUT2D eigenvalue weighted by Gasteiger charge is 2.40. The van der Waals surface area contributed by atoms with Crippen molar-refractivity contribution >= 4 is 41.1 Å². The summed E-state index contributed by atoms with van der Waals surface area (Å²) >= 11 is 1.45. The van der Waals surface area contributed by atoms with Gasteiger partial charge in [-0.15, -0.1) is 11.8 Å². The van der Waals surface area contributed by atoms with Gasteiger partial charge in [-0.1, -0.05) is 43.3 Å². The second kappa shape index (κ2) is 10.6. The molecule has 1 aliphatic carbocycles. The van der Waals surface area contributed by atoms with Gasteiger partial charge in [0.05, 0.1) is 10.2 Å². The number of thioether (sulfide) groups is 1. The average Bonchev–Trinajstić information content (AvgIpc) is 3.15. The molecule has 0 heterocycles. The van der Waals surface area contributed by atoms with Gasteiger partial charge < -0.3 is 10.2 Å². The summed E-state index contributed by atoms with van der Waals surface area (Å²) in [4.78, 5) is 51.6. The summed E-state index contributed by atoms with van der Waals surface area (Å²) in [7, 11) is 0. The minimum absolute atomic E-state index is 0.0759. The maximum atomic E-state index is 13.2. The molecule has 186 valence electrons. The minimum Gasteiger partial charge on any atom is -0.328 e. The van der Waals surface area contributed by atoms with Gasteiger partial charge in [-0.25, -0.2) is 0 Å². The van der Waals surface area contributed by atoms with Crippen LogP contribution in [-0.2, 0) is 38.6 Å². The van der Waals surface area contributed by atoms with Gasteiger partial charge >= 0.3 is 0 Å². The van der Waals surface area contributed by atoms with Gasteiger partial charge in [0.2, 0.25) is 23.6 Å². The number of anilines is 1. The Morgan fingerprint density at radius 1 is 1.03 bits per heavy atom. The van der Waals surface area contributed by atoms with Gasteiger partial charge in [0.15, 0.2) is 0 Å². The van der Waals surface area contributed by atoms with Gasteiger partial charge in [0.25, 0.3) is 0 Å². The lowest BCUT2D eigenvalue weighted by atomic mass is 9.86. The Labute approximate surface area is 211 Å². The molecular weight excluding hydrogens is 462 g/mol. The van der Waals surface area contributed by atoms with Crippen LogP contribution in [0.4, 0.5) is 5.69 Å². The molecule has 4 amide bonds. The molecule has 0 aliphatic heterocycles. The van der Waals surface area contributed by atoms with E-state index in [1.54, 1.807) is 11.0 Å². The van der Waals surface area contributed by atoms with Crippen LogP contribution in [-0.4, -0.2) is 46.1 Å². The Morgan fingerprint density at radius 3 is 2.31 bits per heavy atom. The lowest BCUT2D eigenvalue weighted by molar-refractivity contribution is -0.136. The number of carbonyl (C=O) groups is 4. The molecule has 7 nitrogen and oxygen atoms in total. The SMILES string of the molecule is CSC(C)(C)C(=O)N(CC(=O)Nc1ccc2c(c1)CC(C)(C(=O)NC(C)=O)C2)Cc1ccccc1. The van der Waals surface area contributed by atoms with Crippen LogP contribution in [0.15, 0.2) is 48.5 Å². The topological polar surface area (TPSA) is 95.6 Å². The molecule has 0 bridgehead atoms. The summed E-state index contributed by atoms with van der Waals surface area (Å²) in [5.74, 6) is -1.07. The summed E-state index contributed by atoms with van der Waals surface area (Å²) in [6, 6.07) is 15.2. The molecule has 2 aromatic carbocycles. The second-order valence-corrected chi connectivity index (χ2v) is 11.2. The Morgan fingerprint density at radius 2 is 1.69 bits per heavy atom. The zero-order chi connectivity index (χ0) is 25.8. The first-order chi connectivity index (χ1) is 16.4. The van der Waals surface area contributed by atoms with Gasteiger partial charge in [-0.3, -0.25) is 24.5 Å². The molecule has 0 saturated heterocycles. The molecule has 0 saturated carbocycles. The number of nitrogens with one attached hydrogen (secondary N) is 2. The van der Waals surface area contributed by atoms with E-state index in [9.17, 15) is 19.2 Å². The van der Waals surface area contributed by atoms with E-state index in [-0.39, 0.29) is 30.2 Å². The average molecular weight is 496 g/mol. The molecule has 0 spiro atoms. The quantitative estimate of drug-likeness (QED) is 0.584. The fourth-order valence-corrected chi connectivity index (χ4v) is 4.56. The molecule has 3 rings (SSSR count). The second-order valence-electron chi connectivity index (χ2n) is 9.82. The zero-order valence-electron chi connectivity index (χ0n) is 20.9. The lowest BCUT2D eigenvalue weighted by Crippen LogP contribution is -2.46. The molecular formula is C27H33N3O4S. The van der Waals surface area contributed by atoms with Crippen molar-refractivity contribution in [1.82, 2.24) is 10.2 Å². The standard InChI is InChI=1S/C27H33N3O4S/c1-18(31)28-24(33)27(4)14-20-11-12-22(13-21(20)15-27)29-23(32)17-30(25(34)26(2,3)35-5)16-19-9-7-6-8-10-19/h6-13H,14-17H2,1-5H3,(H,29,32)(H,28,31,33). The maximum Gasteiger partial charge on any atom is 0.244 e. The monoisotopic (exact) mass is 495 g/mol. The third-order valence-electron chi connectivity index (χ3n) is 6.35.